The quantitative estimate of drug-likeness (QED) is 0.890. The number of benzene rings is 1. The van der Waals surface area contributed by atoms with Crippen molar-refractivity contribution in [2.45, 2.75) is 13.3 Å². The molecule has 0 aliphatic carbocycles. The Morgan fingerprint density at radius 2 is 2.21 bits per heavy atom. The van der Waals surface area contributed by atoms with Gasteiger partial charge in [-0.15, -0.1) is 0 Å². The number of amides is 2. The summed E-state index contributed by atoms with van der Waals surface area (Å²) in [6.45, 7) is 2.21. The minimum absolute atomic E-state index is 0.149. The summed E-state index contributed by atoms with van der Waals surface area (Å²) in [6, 6.07) is 7.33. The monoisotopic (exact) mass is 263 g/mol. The van der Waals surface area contributed by atoms with Gasteiger partial charge in [-0.05, 0) is 19.1 Å². The molecule has 0 saturated heterocycles. The molecule has 100 valence electrons. The van der Waals surface area contributed by atoms with Crippen molar-refractivity contribution in [2.24, 2.45) is 0 Å². The van der Waals surface area contributed by atoms with Crippen molar-refractivity contribution >= 4 is 11.7 Å². The zero-order valence-corrected chi connectivity index (χ0v) is 10.4. The van der Waals surface area contributed by atoms with E-state index in [1.807, 2.05) is 6.92 Å². The molecular formula is C13H14FN3O2. The van der Waals surface area contributed by atoms with Crippen molar-refractivity contribution in [1.29, 1.82) is 0 Å². The highest BCUT2D eigenvalue weighted by molar-refractivity contribution is 5.89. The van der Waals surface area contributed by atoms with Gasteiger partial charge in [0.15, 0.2) is 0 Å². The molecule has 1 heterocycles. The zero-order valence-electron chi connectivity index (χ0n) is 10.4. The van der Waals surface area contributed by atoms with Gasteiger partial charge in [-0.1, -0.05) is 17.3 Å². The average molecular weight is 263 g/mol. The van der Waals surface area contributed by atoms with Gasteiger partial charge in [0.1, 0.15) is 11.6 Å². The highest BCUT2D eigenvalue weighted by Gasteiger charge is 2.06. The molecule has 0 fully saturated rings. The Morgan fingerprint density at radius 1 is 1.42 bits per heavy atom. The van der Waals surface area contributed by atoms with Gasteiger partial charge in [0.05, 0.1) is 11.4 Å². The Morgan fingerprint density at radius 3 is 2.89 bits per heavy atom. The minimum Gasteiger partial charge on any atom is -0.361 e. The molecule has 0 saturated carbocycles. The van der Waals surface area contributed by atoms with Crippen LogP contribution in [0.15, 0.2) is 34.9 Å². The summed E-state index contributed by atoms with van der Waals surface area (Å²) in [4.78, 5) is 11.5. The van der Waals surface area contributed by atoms with Gasteiger partial charge >= 0.3 is 6.03 Å². The van der Waals surface area contributed by atoms with Gasteiger partial charge in [0, 0.05) is 19.0 Å². The number of rotatable bonds is 4. The topological polar surface area (TPSA) is 67.2 Å². The number of carbonyl (C=O) groups excluding carboxylic acids is 1. The van der Waals surface area contributed by atoms with E-state index in [1.54, 1.807) is 18.2 Å². The highest BCUT2D eigenvalue weighted by atomic mass is 19.1. The molecule has 2 N–H and O–H groups in total. The maximum Gasteiger partial charge on any atom is 0.319 e. The fourth-order valence-electron chi connectivity index (χ4n) is 1.56. The summed E-state index contributed by atoms with van der Waals surface area (Å²) in [7, 11) is 0. The predicted octanol–water partition coefficient (Wildman–Crippen LogP) is 2.49. The molecule has 0 aliphatic rings. The zero-order chi connectivity index (χ0) is 13.7. The summed E-state index contributed by atoms with van der Waals surface area (Å²) in [5.74, 6) is 0.229. The third-order valence-corrected chi connectivity index (χ3v) is 2.46. The highest BCUT2D eigenvalue weighted by Crippen LogP contribution is 2.11. The molecule has 19 heavy (non-hydrogen) atoms. The smallest absolute Gasteiger partial charge is 0.319 e. The first kappa shape index (κ1) is 13.1. The number of urea groups is 1. The Balaban J connectivity index is 1.77. The summed E-state index contributed by atoms with van der Waals surface area (Å²) in [5, 5.41) is 8.78. The van der Waals surface area contributed by atoms with Crippen LogP contribution in [-0.4, -0.2) is 17.7 Å². The second-order valence-corrected chi connectivity index (χ2v) is 4.05. The second-order valence-electron chi connectivity index (χ2n) is 4.05. The maximum atomic E-state index is 13.3. The lowest BCUT2D eigenvalue weighted by atomic mass is 10.3. The third kappa shape index (κ3) is 3.80. The van der Waals surface area contributed by atoms with E-state index in [9.17, 15) is 9.18 Å². The lowest BCUT2D eigenvalue weighted by molar-refractivity contribution is 0.251. The molecule has 0 unspecified atom stereocenters. The summed E-state index contributed by atoms with van der Waals surface area (Å²) in [5.41, 5.74) is 0.946. The fourth-order valence-corrected chi connectivity index (χ4v) is 1.56. The van der Waals surface area contributed by atoms with E-state index in [0.29, 0.717) is 18.7 Å². The molecule has 1 aromatic carbocycles. The number of hydrogen-bond donors (Lipinski definition) is 2. The number of aryl methyl sites for hydroxylation is 1. The molecule has 5 nitrogen and oxygen atoms in total. The molecule has 1 aromatic heterocycles. The van der Waals surface area contributed by atoms with Crippen LogP contribution in [0, 0.1) is 12.7 Å². The van der Waals surface area contributed by atoms with E-state index in [0.717, 1.165) is 5.69 Å². The van der Waals surface area contributed by atoms with Crippen LogP contribution in [0.1, 0.15) is 11.5 Å². The first-order valence-corrected chi connectivity index (χ1v) is 5.87. The number of nitrogens with zero attached hydrogens (tertiary/aromatic N) is 1. The Hall–Kier alpha value is -2.37. The van der Waals surface area contributed by atoms with E-state index in [-0.39, 0.29) is 5.69 Å². The van der Waals surface area contributed by atoms with Crippen molar-refractivity contribution < 1.29 is 13.7 Å². The molecule has 0 atom stereocenters. The first-order valence-electron chi connectivity index (χ1n) is 5.87. The standard InChI is InChI=1S/C13H14FN3O2/c1-9-8-10(19-17-9)6-7-15-13(18)16-12-5-3-2-4-11(12)14/h2-5,8H,6-7H2,1H3,(H2,15,16,18). The molecule has 2 aromatic rings. The summed E-state index contributed by atoms with van der Waals surface area (Å²) in [6.07, 6.45) is 0.533. The summed E-state index contributed by atoms with van der Waals surface area (Å²) < 4.78 is 18.3. The van der Waals surface area contributed by atoms with Crippen LogP contribution in [0.25, 0.3) is 0 Å². The van der Waals surface area contributed by atoms with Crippen LogP contribution >= 0.6 is 0 Å². The van der Waals surface area contributed by atoms with E-state index in [4.69, 9.17) is 4.52 Å². The number of carbonyl (C=O) groups is 1. The van der Waals surface area contributed by atoms with Crippen LogP contribution in [0.2, 0.25) is 0 Å². The minimum atomic E-state index is -0.469. The molecule has 2 rings (SSSR count). The van der Waals surface area contributed by atoms with Crippen molar-refractivity contribution in [3.05, 3.63) is 47.6 Å². The van der Waals surface area contributed by atoms with Crippen LogP contribution in [-0.2, 0) is 6.42 Å². The van der Waals surface area contributed by atoms with Crippen LogP contribution in [0.4, 0.5) is 14.9 Å². The molecule has 2 amide bonds. The largest absolute Gasteiger partial charge is 0.361 e. The third-order valence-electron chi connectivity index (χ3n) is 2.46. The van der Waals surface area contributed by atoms with Gasteiger partial charge in [-0.3, -0.25) is 0 Å². The van der Waals surface area contributed by atoms with E-state index >= 15 is 0 Å². The van der Waals surface area contributed by atoms with E-state index in [2.05, 4.69) is 15.8 Å². The fraction of sp³-hybridized carbons (Fsp3) is 0.231. The van der Waals surface area contributed by atoms with Crippen LogP contribution in [0.3, 0.4) is 0 Å². The number of anilines is 1. The SMILES string of the molecule is Cc1cc(CCNC(=O)Nc2ccccc2F)on1. The average Bonchev–Trinajstić information content (AvgIpc) is 2.78. The van der Waals surface area contributed by atoms with Crippen molar-refractivity contribution in [3.8, 4) is 0 Å². The Bertz CT molecular complexity index is 569. The van der Waals surface area contributed by atoms with Crippen molar-refractivity contribution in [3.63, 3.8) is 0 Å². The Labute approximate surface area is 109 Å². The number of para-hydroxylation sites is 1. The normalized spacial score (nSPS) is 10.2. The molecular weight excluding hydrogens is 249 g/mol. The Kier molecular flexibility index (Phi) is 4.12. The van der Waals surface area contributed by atoms with Gasteiger partial charge in [-0.25, -0.2) is 9.18 Å². The van der Waals surface area contributed by atoms with Gasteiger partial charge in [0.25, 0.3) is 0 Å². The van der Waals surface area contributed by atoms with Gasteiger partial charge in [-0.2, -0.15) is 0 Å². The molecule has 6 heteroatoms. The second kappa shape index (κ2) is 5.99. The lowest BCUT2D eigenvalue weighted by Crippen LogP contribution is -2.30. The lowest BCUT2D eigenvalue weighted by Gasteiger charge is -2.07. The van der Waals surface area contributed by atoms with Crippen LogP contribution in [0.5, 0.6) is 0 Å². The number of halogens is 1. The molecule has 0 bridgehead atoms. The molecule has 0 aliphatic heterocycles. The first-order chi connectivity index (χ1) is 9.15. The number of nitrogens with one attached hydrogen (secondary N) is 2. The van der Waals surface area contributed by atoms with Gasteiger partial charge < -0.3 is 15.2 Å². The molecule has 0 spiro atoms. The van der Waals surface area contributed by atoms with E-state index < -0.39 is 11.8 Å². The number of hydrogen-bond acceptors (Lipinski definition) is 3. The van der Waals surface area contributed by atoms with Crippen LogP contribution < -0.4 is 10.6 Å². The van der Waals surface area contributed by atoms with E-state index in [1.165, 1.54) is 12.1 Å². The van der Waals surface area contributed by atoms with Gasteiger partial charge in [0.2, 0.25) is 0 Å². The van der Waals surface area contributed by atoms with Crippen molar-refractivity contribution in [2.75, 3.05) is 11.9 Å². The van der Waals surface area contributed by atoms with Crippen molar-refractivity contribution in [1.82, 2.24) is 10.5 Å². The summed E-state index contributed by atoms with van der Waals surface area (Å²) >= 11 is 0. The number of aromatic nitrogens is 1. The molecule has 0 radical (unpaired) electrons. The predicted molar refractivity (Wildman–Crippen MR) is 68.4 cm³/mol. The maximum absolute atomic E-state index is 13.3.